The first-order valence-corrected chi connectivity index (χ1v) is 8.98. The quantitative estimate of drug-likeness (QED) is 0.590. The standard InChI is InChI=1S/C18H26O4/c19-12-21-18(4-2-1-3-5-18)16(20)22-17-9-13-6-14(10-17)8-15(7-13)11-17/h12-15H,1-11H2. The number of carbonyl (C=O) groups excluding carboxylic acids is 2. The number of ether oxygens (including phenoxy) is 2. The van der Waals surface area contributed by atoms with Crippen LogP contribution in [-0.2, 0) is 19.1 Å². The van der Waals surface area contributed by atoms with Crippen LogP contribution in [0.5, 0.6) is 0 Å². The molecule has 5 fully saturated rings. The molecule has 4 bridgehead atoms. The Morgan fingerprint density at radius 1 is 0.909 bits per heavy atom. The minimum atomic E-state index is -0.997. The molecule has 5 rings (SSSR count). The van der Waals surface area contributed by atoms with Crippen LogP contribution in [-0.4, -0.2) is 23.6 Å². The fraction of sp³-hybridized carbons (Fsp3) is 0.889. The van der Waals surface area contributed by atoms with Gasteiger partial charge in [0.25, 0.3) is 6.47 Å². The first-order chi connectivity index (χ1) is 10.6. The number of rotatable bonds is 4. The smallest absolute Gasteiger partial charge is 0.351 e. The van der Waals surface area contributed by atoms with Crippen LogP contribution < -0.4 is 0 Å². The van der Waals surface area contributed by atoms with E-state index in [9.17, 15) is 9.59 Å². The van der Waals surface area contributed by atoms with E-state index in [1.165, 1.54) is 19.3 Å². The van der Waals surface area contributed by atoms with Crippen LogP contribution in [0.15, 0.2) is 0 Å². The van der Waals surface area contributed by atoms with Gasteiger partial charge in [0.15, 0.2) is 0 Å². The minimum Gasteiger partial charge on any atom is -0.456 e. The maximum atomic E-state index is 12.9. The van der Waals surface area contributed by atoms with Crippen molar-refractivity contribution in [1.29, 1.82) is 0 Å². The molecule has 0 N–H and O–H groups in total. The van der Waals surface area contributed by atoms with Gasteiger partial charge in [-0.25, -0.2) is 4.79 Å². The molecule has 122 valence electrons. The van der Waals surface area contributed by atoms with E-state index in [4.69, 9.17) is 9.47 Å². The van der Waals surface area contributed by atoms with Crippen LogP contribution in [0, 0.1) is 17.8 Å². The Labute approximate surface area is 131 Å². The second-order valence-electron chi connectivity index (χ2n) is 8.26. The molecule has 22 heavy (non-hydrogen) atoms. The Morgan fingerprint density at radius 3 is 1.95 bits per heavy atom. The molecule has 0 aliphatic heterocycles. The van der Waals surface area contributed by atoms with Gasteiger partial charge in [-0.1, -0.05) is 6.42 Å². The van der Waals surface area contributed by atoms with E-state index in [1.807, 2.05) is 0 Å². The van der Waals surface area contributed by atoms with Crippen LogP contribution >= 0.6 is 0 Å². The molecular weight excluding hydrogens is 280 g/mol. The highest BCUT2D eigenvalue weighted by Crippen LogP contribution is 2.57. The fourth-order valence-electron chi connectivity index (χ4n) is 6.03. The van der Waals surface area contributed by atoms with E-state index >= 15 is 0 Å². The Morgan fingerprint density at radius 2 is 1.45 bits per heavy atom. The van der Waals surface area contributed by atoms with Gasteiger partial charge in [-0.2, -0.15) is 0 Å². The third-order valence-corrected chi connectivity index (χ3v) is 6.60. The lowest BCUT2D eigenvalue weighted by atomic mass is 9.54. The van der Waals surface area contributed by atoms with Gasteiger partial charge >= 0.3 is 5.97 Å². The van der Waals surface area contributed by atoms with Gasteiger partial charge in [0.2, 0.25) is 5.60 Å². The summed E-state index contributed by atoms with van der Waals surface area (Å²) in [6, 6.07) is 0. The van der Waals surface area contributed by atoms with Gasteiger partial charge in [-0.15, -0.1) is 0 Å². The van der Waals surface area contributed by atoms with Crippen molar-refractivity contribution < 1.29 is 19.1 Å². The van der Waals surface area contributed by atoms with Gasteiger partial charge in [0.05, 0.1) is 0 Å². The molecule has 0 aromatic heterocycles. The molecule has 0 amide bonds. The molecule has 0 spiro atoms. The van der Waals surface area contributed by atoms with Crippen LogP contribution in [0.4, 0.5) is 0 Å². The van der Waals surface area contributed by atoms with Gasteiger partial charge < -0.3 is 9.47 Å². The average molecular weight is 306 g/mol. The topological polar surface area (TPSA) is 52.6 Å². The molecule has 0 aromatic carbocycles. The summed E-state index contributed by atoms with van der Waals surface area (Å²) in [5, 5.41) is 0. The van der Waals surface area contributed by atoms with E-state index < -0.39 is 5.60 Å². The van der Waals surface area contributed by atoms with E-state index in [-0.39, 0.29) is 11.6 Å². The van der Waals surface area contributed by atoms with Gasteiger partial charge in [0, 0.05) is 0 Å². The summed E-state index contributed by atoms with van der Waals surface area (Å²) < 4.78 is 11.4. The Bertz CT molecular complexity index is 428. The second-order valence-corrected chi connectivity index (χ2v) is 8.26. The molecule has 5 saturated carbocycles. The van der Waals surface area contributed by atoms with E-state index in [0.29, 0.717) is 19.3 Å². The summed E-state index contributed by atoms with van der Waals surface area (Å²) in [7, 11) is 0. The summed E-state index contributed by atoms with van der Waals surface area (Å²) in [6.45, 7) is 0.437. The lowest BCUT2D eigenvalue weighted by molar-refractivity contribution is -0.211. The molecule has 0 unspecified atom stereocenters. The molecule has 4 heteroatoms. The van der Waals surface area contributed by atoms with Crippen LogP contribution in [0.1, 0.15) is 70.6 Å². The highest BCUT2D eigenvalue weighted by molar-refractivity contribution is 5.81. The highest BCUT2D eigenvalue weighted by atomic mass is 16.6. The van der Waals surface area contributed by atoms with Crippen molar-refractivity contribution in [3.05, 3.63) is 0 Å². The van der Waals surface area contributed by atoms with Crippen molar-refractivity contribution >= 4 is 12.4 Å². The first-order valence-electron chi connectivity index (χ1n) is 8.98. The molecule has 0 atom stereocenters. The number of hydrogen-bond donors (Lipinski definition) is 0. The van der Waals surface area contributed by atoms with Crippen molar-refractivity contribution in [3.8, 4) is 0 Å². The maximum absolute atomic E-state index is 12.9. The number of carbonyl (C=O) groups is 2. The molecular formula is C18H26O4. The molecule has 0 heterocycles. The molecule has 4 nitrogen and oxygen atoms in total. The maximum Gasteiger partial charge on any atom is 0.351 e. The SMILES string of the molecule is O=COC1(C(=O)OC23CC4CC(CC(C4)C2)C3)CCCCC1. The van der Waals surface area contributed by atoms with Gasteiger partial charge in [-0.3, -0.25) is 4.79 Å². The number of esters is 1. The Hall–Kier alpha value is -1.06. The monoisotopic (exact) mass is 306 g/mol. The van der Waals surface area contributed by atoms with Crippen molar-refractivity contribution in [2.24, 2.45) is 17.8 Å². The fourth-order valence-corrected chi connectivity index (χ4v) is 6.03. The normalized spacial score (nSPS) is 41.9. The molecule has 5 aliphatic carbocycles. The molecule has 0 saturated heterocycles. The Kier molecular flexibility index (Phi) is 3.46. The van der Waals surface area contributed by atoms with E-state index in [0.717, 1.165) is 56.3 Å². The molecule has 0 radical (unpaired) electrons. The molecule has 0 aromatic rings. The molecule has 5 aliphatic rings. The Balaban J connectivity index is 1.52. The summed E-state index contributed by atoms with van der Waals surface area (Å²) in [6.07, 6.45) is 11.3. The minimum absolute atomic E-state index is 0.247. The van der Waals surface area contributed by atoms with Crippen LogP contribution in [0.2, 0.25) is 0 Å². The lowest BCUT2D eigenvalue weighted by Crippen LogP contribution is -2.56. The van der Waals surface area contributed by atoms with E-state index in [2.05, 4.69) is 0 Å². The summed E-state index contributed by atoms with van der Waals surface area (Å²) in [4.78, 5) is 23.8. The predicted octanol–water partition coefficient (Wildman–Crippen LogP) is 3.37. The van der Waals surface area contributed by atoms with Crippen LogP contribution in [0.25, 0.3) is 0 Å². The highest BCUT2D eigenvalue weighted by Gasteiger charge is 2.55. The second kappa shape index (κ2) is 5.24. The van der Waals surface area contributed by atoms with Gasteiger partial charge in [0.1, 0.15) is 5.60 Å². The summed E-state index contributed by atoms with van der Waals surface area (Å²) in [5.74, 6) is 1.97. The van der Waals surface area contributed by atoms with Crippen LogP contribution in [0.3, 0.4) is 0 Å². The van der Waals surface area contributed by atoms with E-state index in [1.54, 1.807) is 0 Å². The first kappa shape index (κ1) is 14.5. The zero-order valence-corrected chi connectivity index (χ0v) is 13.2. The zero-order chi connectivity index (χ0) is 15.2. The average Bonchev–Trinajstić information content (AvgIpc) is 2.46. The zero-order valence-electron chi connectivity index (χ0n) is 13.2. The van der Waals surface area contributed by atoms with Crippen molar-refractivity contribution in [1.82, 2.24) is 0 Å². The van der Waals surface area contributed by atoms with Gasteiger partial charge in [-0.05, 0) is 82.0 Å². The van der Waals surface area contributed by atoms with Crippen molar-refractivity contribution in [3.63, 3.8) is 0 Å². The van der Waals surface area contributed by atoms with Crippen molar-refractivity contribution in [2.75, 3.05) is 0 Å². The van der Waals surface area contributed by atoms with Crippen molar-refractivity contribution in [2.45, 2.75) is 81.8 Å². The summed E-state index contributed by atoms with van der Waals surface area (Å²) >= 11 is 0. The third-order valence-electron chi connectivity index (χ3n) is 6.60. The summed E-state index contributed by atoms with van der Waals surface area (Å²) in [5.41, 5.74) is -1.24. The largest absolute Gasteiger partial charge is 0.456 e. The number of hydrogen-bond acceptors (Lipinski definition) is 4. The lowest BCUT2D eigenvalue weighted by Gasteiger charge is -2.56. The predicted molar refractivity (Wildman–Crippen MR) is 80.0 cm³/mol. The third kappa shape index (κ3) is 2.35.